The van der Waals surface area contributed by atoms with E-state index in [2.05, 4.69) is 30.6 Å². The van der Waals surface area contributed by atoms with Crippen LogP contribution in [0, 0.1) is 5.92 Å². The van der Waals surface area contributed by atoms with Gasteiger partial charge in [-0.3, -0.25) is 9.69 Å². The molecule has 17 heavy (non-hydrogen) atoms. The number of hydrogen-bond donors (Lipinski definition) is 1. The van der Waals surface area contributed by atoms with Crippen molar-refractivity contribution in [1.29, 1.82) is 0 Å². The molecule has 1 aliphatic heterocycles. The Hall–Kier alpha value is -0.610. The van der Waals surface area contributed by atoms with E-state index in [0.717, 1.165) is 32.1 Å². The zero-order chi connectivity index (χ0) is 12.8. The molecule has 1 aliphatic rings. The van der Waals surface area contributed by atoms with Gasteiger partial charge in [-0.25, -0.2) is 0 Å². The van der Waals surface area contributed by atoms with E-state index in [1.807, 2.05) is 0 Å². The molecule has 0 radical (unpaired) electrons. The lowest BCUT2D eigenvalue weighted by molar-refractivity contribution is -0.137. The number of aliphatic carboxylic acids is 1. The van der Waals surface area contributed by atoms with Crippen molar-refractivity contribution in [2.75, 3.05) is 32.7 Å². The van der Waals surface area contributed by atoms with Gasteiger partial charge in [-0.1, -0.05) is 13.8 Å². The molecule has 1 fully saturated rings. The highest BCUT2D eigenvalue weighted by Gasteiger charge is 2.21. The average molecular weight is 242 g/mol. The van der Waals surface area contributed by atoms with Crippen LogP contribution in [-0.2, 0) is 4.79 Å². The minimum absolute atomic E-state index is 0.265. The first-order chi connectivity index (χ1) is 7.99. The summed E-state index contributed by atoms with van der Waals surface area (Å²) in [6, 6.07) is 0.650. The van der Waals surface area contributed by atoms with Gasteiger partial charge >= 0.3 is 5.97 Å². The van der Waals surface area contributed by atoms with Crippen LogP contribution in [0.1, 0.15) is 33.6 Å². The maximum absolute atomic E-state index is 10.5. The molecule has 1 rings (SSSR count). The minimum atomic E-state index is -0.694. The van der Waals surface area contributed by atoms with Crippen LogP contribution in [0.25, 0.3) is 0 Å². The standard InChI is InChI=1S/C13H26N2O2/c1-11(2)10-12(3)15-8-6-14(7-9-15)5-4-13(16)17/h11-12H,4-10H2,1-3H3,(H,16,17). The molecule has 0 saturated carbocycles. The lowest BCUT2D eigenvalue weighted by atomic mass is 10.0. The van der Waals surface area contributed by atoms with Gasteiger partial charge in [0.25, 0.3) is 0 Å². The monoisotopic (exact) mass is 242 g/mol. The summed E-state index contributed by atoms with van der Waals surface area (Å²) >= 11 is 0. The number of rotatable bonds is 6. The van der Waals surface area contributed by atoms with Crippen LogP contribution in [0.2, 0.25) is 0 Å². The van der Waals surface area contributed by atoms with Crippen molar-refractivity contribution < 1.29 is 9.90 Å². The van der Waals surface area contributed by atoms with Gasteiger partial charge in [0.1, 0.15) is 0 Å². The van der Waals surface area contributed by atoms with Crippen LogP contribution < -0.4 is 0 Å². The lowest BCUT2D eigenvalue weighted by Gasteiger charge is -2.38. The Labute approximate surface area is 105 Å². The summed E-state index contributed by atoms with van der Waals surface area (Å²) < 4.78 is 0. The molecule has 0 aromatic heterocycles. The molecule has 4 heteroatoms. The third-order valence-corrected chi connectivity index (χ3v) is 3.48. The highest BCUT2D eigenvalue weighted by molar-refractivity contribution is 5.66. The van der Waals surface area contributed by atoms with Crippen LogP contribution in [0.3, 0.4) is 0 Å². The maximum Gasteiger partial charge on any atom is 0.304 e. The first-order valence-electron chi connectivity index (χ1n) is 6.67. The number of piperazine rings is 1. The number of carbonyl (C=O) groups is 1. The normalized spacial score (nSPS) is 20.7. The van der Waals surface area contributed by atoms with E-state index < -0.39 is 5.97 Å². The Kier molecular flexibility index (Phi) is 5.92. The van der Waals surface area contributed by atoms with Gasteiger partial charge in [-0.05, 0) is 19.3 Å². The maximum atomic E-state index is 10.5. The van der Waals surface area contributed by atoms with Crippen LogP contribution in [0.15, 0.2) is 0 Å². The molecule has 0 aromatic rings. The minimum Gasteiger partial charge on any atom is -0.481 e. The van der Waals surface area contributed by atoms with Crippen molar-refractivity contribution in [3.8, 4) is 0 Å². The second-order valence-electron chi connectivity index (χ2n) is 5.50. The molecule has 0 amide bonds. The van der Waals surface area contributed by atoms with E-state index in [4.69, 9.17) is 5.11 Å². The fraction of sp³-hybridized carbons (Fsp3) is 0.923. The van der Waals surface area contributed by atoms with Gasteiger partial charge in [-0.2, -0.15) is 0 Å². The Morgan fingerprint density at radius 1 is 1.18 bits per heavy atom. The summed E-state index contributed by atoms with van der Waals surface area (Å²) in [5.74, 6) is 0.0515. The van der Waals surface area contributed by atoms with Crippen molar-refractivity contribution in [1.82, 2.24) is 9.80 Å². The second-order valence-corrected chi connectivity index (χ2v) is 5.50. The van der Waals surface area contributed by atoms with Gasteiger partial charge in [-0.15, -0.1) is 0 Å². The van der Waals surface area contributed by atoms with Crippen molar-refractivity contribution in [3.63, 3.8) is 0 Å². The van der Waals surface area contributed by atoms with E-state index in [-0.39, 0.29) is 6.42 Å². The fourth-order valence-electron chi connectivity index (χ4n) is 2.51. The van der Waals surface area contributed by atoms with Crippen molar-refractivity contribution in [2.45, 2.75) is 39.7 Å². The smallest absolute Gasteiger partial charge is 0.304 e. The third kappa shape index (κ3) is 5.50. The summed E-state index contributed by atoms with van der Waals surface area (Å²) in [5, 5.41) is 8.65. The fourth-order valence-corrected chi connectivity index (χ4v) is 2.51. The third-order valence-electron chi connectivity index (χ3n) is 3.48. The van der Waals surface area contributed by atoms with Gasteiger partial charge in [0.2, 0.25) is 0 Å². The molecular formula is C13H26N2O2. The predicted molar refractivity (Wildman–Crippen MR) is 69.2 cm³/mol. The molecule has 1 atom stereocenters. The van der Waals surface area contributed by atoms with Gasteiger partial charge in [0.15, 0.2) is 0 Å². The molecule has 4 nitrogen and oxygen atoms in total. The summed E-state index contributed by atoms with van der Waals surface area (Å²) in [6.45, 7) is 11.7. The summed E-state index contributed by atoms with van der Waals surface area (Å²) in [4.78, 5) is 15.3. The lowest BCUT2D eigenvalue weighted by Crippen LogP contribution is -2.50. The Morgan fingerprint density at radius 2 is 1.76 bits per heavy atom. The number of nitrogens with zero attached hydrogens (tertiary/aromatic N) is 2. The summed E-state index contributed by atoms with van der Waals surface area (Å²) in [5.41, 5.74) is 0. The second kappa shape index (κ2) is 6.97. The Bertz CT molecular complexity index is 236. The number of hydrogen-bond acceptors (Lipinski definition) is 3. The molecule has 0 aromatic carbocycles. The molecule has 1 heterocycles. The summed E-state index contributed by atoms with van der Waals surface area (Å²) in [6.07, 6.45) is 1.51. The van der Waals surface area contributed by atoms with Crippen LogP contribution >= 0.6 is 0 Å². The van der Waals surface area contributed by atoms with Crippen molar-refractivity contribution >= 4 is 5.97 Å². The van der Waals surface area contributed by atoms with Crippen molar-refractivity contribution in [3.05, 3.63) is 0 Å². The Balaban J connectivity index is 2.23. The molecule has 1 unspecified atom stereocenters. The van der Waals surface area contributed by atoms with Crippen LogP contribution in [-0.4, -0.2) is 59.6 Å². The number of carboxylic acids is 1. The Morgan fingerprint density at radius 3 is 2.24 bits per heavy atom. The molecular weight excluding hydrogens is 216 g/mol. The molecule has 100 valence electrons. The first kappa shape index (κ1) is 14.5. The number of carboxylic acid groups (broad SMARTS) is 1. The van der Waals surface area contributed by atoms with Crippen LogP contribution in [0.5, 0.6) is 0 Å². The van der Waals surface area contributed by atoms with Gasteiger partial charge in [0.05, 0.1) is 6.42 Å². The zero-order valence-corrected chi connectivity index (χ0v) is 11.4. The largest absolute Gasteiger partial charge is 0.481 e. The molecule has 0 bridgehead atoms. The van der Waals surface area contributed by atoms with E-state index in [1.54, 1.807) is 0 Å². The first-order valence-corrected chi connectivity index (χ1v) is 6.67. The summed E-state index contributed by atoms with van der Waals surface area (Å²) in [7, 11) is 0. The van der Waals surface area contributed by atoms with E-state index in [0.29, 0.717) is 12.6 Å². The quantitative estimate of drug-likeness (QED) is 0.767. The van der Waals surface area contributed by atoms with Crippen LogP contribution in [0.4, 0.5) is 0 Å². The predicted octanol–water partition coefficient (Wildman–Crippen LogP) is 1.51. The van der Waals surface area contributed by atoms with Gasteiger partial charge in [0, 0.05) is 38.8 Å². The van der Waals surface area contributed by atoms with E-state index in [9.17, 15) is 4.79 Å². The molecule has 0 spiro atoms. The van der Waals surface area contributed by atoms with Crippen molar-refractivity contribution in [2.24, 2.45) is 5.92 Å². The SMILES string of the molecule is CC(C)CC(C)N1CCN(CCC(=O)O)CC1. The molecule has 0 aliphatic carbocycles. The molecule has 1 saturated heterocycles. The average Bonchev–Trinajstić information content (AvgIpc) is 2.26. The van der Waals surface area contributed by atoms with E-state index in [1.165, 1.54) is 6.42 Å². The van der Waals surface area contributed by atoms with E-state index >= 15 is 0 Å². The highest BCUT2D eigenvalue weighted by atomic mass is 16.4. The topological polar surface area (TPSA) is 43.8 Å². The van der Waals surface area contributed by atoms with Gasteiger partial charge < -0.3 is 10.0 Å². The molecule has 1 N–H and O–H groups in total. The highest BCUT2D eigenvalue weighted by Crippen LogP contribution is 2.13. The zero-order valence-electron chi connectivity index (χ0n) is 11.4.